The molecule has 0 saturated heterocycles. The summed E-state index contributed by atoms with van der Waals surface area (Å²) in [6, 6.07) is 8.39. The lowest BCUT2D eigenvalue weighted by Gasteiger charge is -2.30. The number of hydrogen-bond acceptors (Lipinski definition) is 4. The van der Waals surface area contributed by atoms with Crippen molar-refractivity contribution in [2.45, 2.75) is 58.1 Å². The van der Waals surface area contributed by atoms with Crippen molar-refractivity contribution in [1.82, 2.24) is 14.9 Å². The summed E-state index contributed by atoms with van der Waals surface area (Å²) in [4.78, 5) is 23.7. The second-order valence-corrected chi connectivity index (χ2v) is 7.06. The van der Waals surface area contributed by atoms with E-state index in [2.05, 4.69) is 37.7 Å². The highest BCUT2D eigenvalue weighted by atomic mass is 32.2. The predicted octanol–water partition coefficient (Wildman–Crippen LogP) is 3.93. The second-order valence-electron chi connectivity index (χ2n) is 6.09. The van der Waals surface area contributed by atoms with Crippen LogP contribution in [0.15, 0.2) is 29.3 Å². The first-order valence-electron chi connectivity index (χ1n) is 8.13. The number of rotatable bonds is 6. The van der Waals surface area contributed by atoms with Crippen molar-refractivity contribution in [3.05, 3.63) is 30.1 Å². The van der Waals surface area contributed by atoms with Crippen LogP contribution in [-0.4, -0.2) is 38.6 Å². The number of carbonyl (C=O) groups excluding carboxylic acids is 1. The zero-order valence-corrected chi connectivity index (χ0v) is 15.4. The molecule has 0 spiro atoms. The van der Waals surface area contributed by atoms with Crippen LogP contribution in [0.5, 0.6) is 0 Å². The van der Waals surface area contributed by atoms with Crippen LogP contribution in [-0.2, 0) is 11.2 Å². The number of thioether (sulfide) groups is 1. The highest BCUT2D eigenvalue weighted by molar-refractivity contribution is 8.00. The largest absolute Gasteiger partial charge is 0.337 e. The monoisotopic (exact) mass is 331 g/mol. The Bertz CT molecular complexity index is 677. The number of fused-ring (bicyclic) bond motifs is 1. The van der Waals surface area contributed by atoms with E-state index < -0.39 is 0 Å². The Hall–Kier alpha value is -1.62. The topological polar surface area (TPSA) is 46.1 Å². The third-order valence-electron chi connectivity index (χ3n) is 3.66. The van der Waals surface area contributed by atoms with Crippen molar-refractivity contribution in [3.63, 3.8) is 0 Å². The molecule has 4 nitrogen and oxygen atoms in total. The van der Waals surface area contributed by atoms with Gasteiger partial charge in [0.25, 0.3) is 0 Å². The maximum absolute atomic E-state index is 12.6. The van der Waals surface area contributed by atoms with E-state index >= 15 is 0 Å². The Morgan fingerprint density at radius 2 is 1.78 bits per heavy atom. The fourth-order valence-electron chi connectivity index (χ4n) is 2.74. The molecule has 2 aromatic rings. The van der Waals surface area contributed by atoms with Crippen LogP contribution in [0.2, 0.25) is 0 Å². The van der Waals surface area contributed by atoms with Crippen molar-refractivity contribution in [3.8, 4) is 0 Å². The molecule has 0 saturated carbocycles. The zero-order valence-electron chi connectivity index (χ0n) is 14.5. The van der Waals surface area contributed by atoms with Gasteiger partial charge < -0.3 is 4.90 Å². The number of amides is 1. The first-order valence-corrected chi connectivity index (χ1v) is 9.12. The van der Waals surface area contributed by atoms with Gasteiger partial charge in [-0.15, -0.1) is 0 Å². The Morgan fingerprint density at radius 3 is 2.39 bits per heavy atom. The summed E-state index contributed by atoms with van der Waals surface area (Å²) in [5.41, 5.74) is 0.943. The van der Waals surface area contributed by atoms with Crippen molar-refractivity contribution < 1.29 is 4.79 Å². The highest BCUT2D eigenvalue weighted by Crippen LogP contribution is 2.26. The predicted molar refractivity (Wildman–Crippen MR) is 96.8 cm³/mol. The van der Waals surface area contributed by atoms with Crippen LogP contribution >= 0.6 is 11.8 Å². The summed E-state index contributed by atoms with van der Waals surface area (Å²) in [6.07, 6.45) is 0.788. The van der Waals surface area contributed by atoms with Crippen LogP contribution < -0.4 is 0 Å². The number of aromatic nitrogens is 2. The van der Waals surface area contributed by atoms with Crippen LogP contribution in [0, 0.1) is 0 Å². The molecule has 1 heterocycles. The Balaban J connectivity index is 2.23. The first-order chi connectivity index (χ1) is 10.9. The molecule has 0 unspecified atom stereocenters. The fraction of sp³-hybridized carbons (Fsp3) is 0.500. The number of benzene rings is 1. The average Bonchev–Trinajstić information content (AvgIpc) is 2.51. The lowest BCUT2D eigenvalue weighted by atomic mass is 10.2. The van der Waals surface area contributed by atoms with Gasteiger partial charge in [0.2, 0.25) is 5.91 Å². The third-order valence-corrected chi connectivity index (χ3v) is 4.64. The molecule has 0 atom stereocenters. The molecule has 23 heavy (non-hydrogen) atoms. The van der Waals surface area contributed by atoms with Gasteiger partial charge in [0.1, 0.15) is 10.9 Å². The minimum atomic E-state index is 0.153. The molecule has 0 radical (unpaired) electrons. The smallest absolute Gasteiger partial charge is 0.233 e. The Morgan fingerprint density at radius 1 is 1.13 bits per heavy atom. The Labute approximate surface area is 142 Å². The van der Waals surface area contributed by atoms with Gasteiger partial charge in [-0.05, 0) is 33.8 Å². The first kappa shape index (κ1) is 17.7. The molecule has 0 N–H and O–H groups in total. The van der Waals surface area contributed by atoms with Crippen LogP contribution in [0.25, 0.3) is 10.9 Å². The van der Waals surface area contributed by atoms with Crippen LogP contribution in [0.3, 0.4) is 0 Å². The minimum absolute atomic E-state index is 0.153. The highest BCUT2D eigenvalue weighted by Gasteiger charge is 2.20. The molecular weight excluding hydrogens is 306 g/mol. The van der Waals surface area contributed by atoms with E-state index in [1.54, 1.807) is 0 Å². The second kappa shape index (κ2) is 7.77. The summed E-state index contributed by atoms with van der Waals surface area (Å²) in [6.45, 7) is 10.3. The van der Waals surface area contributed by atoms with Crippen LogP contribution in [0.1, 0.15) is 40.4 Å². The van der Waals surface area contributed by atoms with Gasteiger partial charge in [-0.3, -0.25) is 4.79 Å². The third kappa shape index (κ3) is 4.22. The summed E-state index contributed by atoms with van der Waals surface area (Å²) in [7, 11) is 0. The SMILES string of the molecule is CCc1nc(SCC(=O)N(C(C)C)C(C)C)c2ccccc2n1. The van der Waals surface area contributed by atoms with E-state index in [1.807, 2.05) is 36.1 Å². The average molecular weight is 331 g/mol. The van der Waals surface area contributed by atoms with Crippen molar-refractivity contribution in [2.24, 2.45) is 0 Å². The van der Waals surface area contributed by atoms with E-state index in [4.69, 9.17) is 0 Å². The number of para-hydroxylation sites is 1. The fourth-order valence-corrected chi connectivity index (χ4v) is 3.65. The quantitative estimate of drug-likeness (QED) is 0.594. The number of hydrogen-bond donors (Lipinski definition) is 0. The normalized spacial score (nSPS) is 11.4. The lowest BCUT2D eigenvalue weighted by molar-refractivity contribution is -0.131. The van der Waals surface area contributed by atoms with E-state index in [9.17, 15) is 4.79 Å². The van der Waals surface area contributed by atoms with E-state index in [-0.39, 0.29) is 18.0 Å². The molecule has 0 aliphatic rings. The molecule has 124 valence electrons. The summed E-state index contributed by atoms with van der Waals surface area (Å²) >= 11 is 1.51. The molecular formula is C18H25N3OS. The minimum Gasteiger partial charge on any atom is -0.337 e. The summed E-state index contributed by atoms with van der Waals surface area (Å²) in [5, 5.41) is 1.91. The van der Waals surface area contributed by atoms with E-state index in [1.165, 1.54) is 11.8 Å². The molecule has 0 aliphatic carbocycles. The maximum Gasteiger partial charge on any atom is 0.233 e. The molecule has 1 aromatic carbocycles. The lowest BCUT2D eigenvalue weighted by Crippen LogP contribution is -2.43. The van der Waals surface area contributed by atoms with Crippen LogP contribution in [0.4, 0.5) is 0 Å². The van der Waals surface area contributed by atoms with Gasteiger partial charge in [0.05, 0.1) is 11.3 Å². The molecule has 0 bridgehead atoms. The van der Waals surface area contributed by atoms with Gasteiger partial charge in [0.15, 0.2) is 0 Å². The standard InChI is InChI=1S/C18H25N3OS/c1-6-16-19-15-10-8-7-9-14(15)18(20-16)23-11-17(22)21(12(2)3)13(4)5/h7-10,12-13H,6,11H2,1-5H3. The molecule has 5 heteroatoms. The molecule has 1 amide bonds. The molecule has 2 rings (SSSR count). The molecule has 1 aromatic heterocycles. The Kier molecular flexibility index (Phi) is 5.99. The van der Waals surface area contributed by atoms with Gasteiger partial charge in [0, 0.05) is 23.9 Å². The van der Waals surface area contributed by atoms with Gasteiger partial charge >= 0.3 is 0 Å². The van der Waals surface area contributed by atoms with Crippen molar-refractivity contribution in [2.75, 3.05) is 5.75 Å². The summed E-state index contributed by atoms with van der Waals surface area (Å²) < 4.78 is 0. The van der Waals surface area contributed by atoms with Crippen molar-refractivity contribution in [1.29, 1.82) is 0 Å². The van der Waals surface area contributed by atoms with Gasteiger partial charge in [-0.1, -0.05) is 36.9 Å². The maximum atomic E-state index is 12.6. The number of aryl methyl sites for hydroxylation is 1. The molecule has 0 aliphatic heterocycles. The molecule has 0 fully saturated rings. The number of nitrogens with zero attached hydrogens (tertiary/aromatic N) is 3. The van der Waals surface area contributed by atoms with Gasteiger partial charge in [-0.2, -0.15) is 0 Å². The number of carbonyl (C=O) groups is 1. The van der Waals surface area contributed by atoms with E-state index in [0.717, 1.165) is 28.2 Å². The van der Waals surface area contributed by atoms with Gasteiger partial charge in [-0.25, -0.2) is 9.97 Å². The van der Waals surface area contributed by atoms with Crippen molar-refractivity contribution >= 4 is 28.6 Å². The zero-order chi connectivity index (χ0) is 17.0. The summed E-state index contributed by atoms with van der Waals surface area (Å²) in [5.74, 6) is 1.38. The van der Waals surface area contributed by atoms with E-state index in [0.29, 0.717) is 5.75 Å².